The van der Waals surface area contributed by atoms with E-state index in [0.717, 1.165) is 16.2 Å². The van der Waals surface area contributed by atoms with Crippen LogP contribution in [0.15, 0.2) is 51.1 Å². The molecular formula is C21H19BrN4O6S. The lowest BCUT2D eigenvalue weighted by Crippen LogP contribution is -2.28. The smallest absolute Gasteiger partial charge is 0.340 e. The zero-order valence-electron chi connectivity index (χ0n) is 17.5. The number of benzene rings is 2. The number of carbonyl (C=O) groups excluding carboxylic acids is 2. The first-order chi connectivity index (χ1) is 15.8. The third-order valence-corrected chi connectivity index (χ3v) is 6.01. The van der Waals surface area contributed by atoms with Crippen molar-refractivity contribution in [2.45, 2.75) is 11.7 Å². The van der Waals surface area contributed by atoms with E-state index in [9.17, 15) is 19.5 Å². The third kappa shape index (κ3) is 6.11. The van der Waals surface area contributed by atoms with E-state index in [1.54, 1.807) is 30.3 Å². The minimum atomic E-state index is -1.22. The van der Waals surface area contributed by atoms with Crippen LogP contribution in [-0.2, 0) is 9.59 Å². The summed E-state index contributed by atoms with van der Waals surface area (Å²) >= 11 is 4.39. The first-order valence-corrected chi connectivity index (χ1v) is 11.1. The van der Waals surface area contributed by atoms with Crippen LogP contribution in [0.3, 0.4) is 0 Å². The summed E-state index contributed by atoms with van der Waals surface area (Å²) in [5.74, 6) is -1.58. The van der Waals surface area contributed by atoms with E-state index in [1.165, 1.54) is 26.5 Å². The van der Waals surface area contributed by atoms with Crippen LogP contribution >= 0.6 is 27.7 Å². The quantitative estimate of drug-likeness (QED) is 0.349. The molecular weight excluding hydrogens is 516 g/mol. The average molecular weight is 535 g/mol. The lowest BCUT2D eigenvalue weighted by Gasteiger charge is -2.11. The van der Waals surface area contributed by atoms with Crippen LogP contribution in [0, 0.1) is 0 Å². The molecule has 1 atom stereocenters. The molecule has 1 fully saturated rings. The topological polar surface area (TPSA) is 139 Å². The summed E-state index contributed by atoms with van der Waals surface area (Å²) in [5, 5.41) is 22.2. The number of carboxylic acids is 1. The Kier molecular flexibility index (Phi) is 8.06. The number of nitrogens with one attached hydrogen (secondary N) is 2. The van der Waals surface area contributed by atoms with Crippen molar-refractivity contribution in [3.8, 4) is 11.5 Å². The Hall–Kier alpha value is -3.38. The minimum absolute atomic E-state index is 0.0475. The molecule has 2 aromatic rings. The fourth-order valence-electron chi connectivity index (χ4n) is 2.91. The fraction of sp³-hybridized carbons (Fsp3) is 0.190. The molecule has 1 aliphatic rings. The van der Waals surface area contributed by atoms with E-state index >= 15 is 0 Å². The Labute approximate surface area is 201 Å². The SMILES string of the molecule is COc1ccc(/C=N/N=C2\NC(=O)[C@H](CC(=O)Nc3ccc(Br)cc3)S2)c(C(=O)O)c1OC. The van der Waals surface area contributed by atoms with Crippen LogP contribution in [0.1, 0.15) is 22.3 Å². The fourth-order valence-corrected chi connectivity index (χ4v) is 4.10. The number of halogens is 1. The van der Waals surface area contributed by atoms with Crippen molar-refractivity contribution in [2.24, 2.45) is 10.2 Å². The highest BCUT2D eigenvalue weighted by atomic mass is 79.9. The van der Waals surface area contributed by atoms with E-state index in [-0.39, 0.29) is 46.0 Å². The van der Waals surface area contributed by atoms with Crippen molar-refractivity contribution in [1.29, 1.82) is 0 Å². The molecule has 1 heterocycles. The lowest BCUT2D eigenvalue weighted by atomic mass is 10.1. The zero-order valence-corrected chi connectivity index (χ0v) is 19.9. The van der Waals surface area contributed by atoms with Crippen molar-refractivity contribution in [3.63, 3.8) is 0 Å². The van der Waals surface area contributed by atoms with Gasteiger partial charge in [0, 0.05) is 22.1 Å². The third-order valence-electron chi connectivity index (χ3n) is 4.41. The van der Waals surface area contributed by atoms with Gasteiger partial charge >= 0.3 is 5.97 Å². The molecule has 12 heteroatoms. The van der Waals surface area contributed by atoms with Gasteiger partial charge in [0.2, 0.25) is 11.8 Å². The molecule has 1 saturated heterocycles. The van der Waals surface area contributed by atoms with Crippen LogP contribution in [-0.4, -0.2) is 53.7 Å². The maximum absolute atomic E-state index is 12.3. The number of hydrogen-bond acceptors (Lipinski definition) is 8. The van der Waals surface area contributed by atoms with Gasteiger partial charge in [-0.05, 0) is 36.4 Å². The molecule has 0 bridgehead atoms. The number of methoxy groups -OCH3 is 2. The molecule has 0 unspecified atom stereocenters. The molecule has 10 nitrogen and oxygen atoms in total. The van der Waals surface area contributed by atoms with Gasteiger partial charge in [0.1, 0.15) is 10.8 Å². The number of carbonyl (C=O) groups is 3. The van der Waals surface area contributed by atoms with Gasteiger partial charge in [0.15, 0.2) is 16.7 Å². The van der Waals surface area contributed by atoms with Crippen molar-refractivity contribution in [3.05, 3.63) is 52.0 Å². The summed E-state index contributed by atoms with van der Waals surface area (Å²) in [6.07, 6.45) is 1.19. The Balaban J connectivity index is 1.67. The van der Waals surface area contributed by atoms with E-state index in [2.05, 4.69) is 36.8 Å². The summed E-state index contributed by atoms with van der Waals surface area (Å²) in [7, 11) is 2.74. The van der Waals surface area contributed by atoms with E-state index in [4.69, 9.17) is 9.47 Å². The van der Waals surface area contributed by atoms with Gasteiger partial charge in [-0.15, -0.1) is 5.10 Å². The molecule has 33 heavy (non-hydrogen) atoms. The Morgan fingerprint density at radius 2 is 1.94 bits per heavy atom. The summed E-state index contributed by atoms with van der Waals surface area (Å²) < 4.78 is 11.2. The lowest BCUT2D eigenvalue weighted by molar-refractivity contribution is -0.122. The number of thioether (sulfide) groups is 1. The van der Waals surface area contributed by atoms with Crippen LogP contribution in [0.2, 0.25) is 0 Å². The second-order valence-electron chi connectivity index (χ2n) is 6.58. The normalized spacial score (nSPS) is 16.6. The highest BCUT2D eigenvalue weighted by Crippen LogP contribution is 2.33. The van der Waals surface area contributed by atoms with E-state index in [0.29, 0.717) is 5.69 Å². The van der Waals surface area contributed by atoms with Crippen LogP contribution in [0.4, 0.5) is 5.69 Å². The molecule has 3 N–H and O–H groups in total. The van der Waals surface area contributed by atoms with Gasteiger partial charge in [-0.1, -0.05) is 27.7 Å². The second kappa shape index (κ2) is 11.0. The molecule has 0 spiro atoms. The highest BCUT2D eigenvalue weighted by Gasteiger charge is 2.32. The first kappa shape index (κ1) is 24.3. The molecule has 0 saturated carbocycles. The van der Waals surface area contributed by atoms with E-state index in [1.807, 2.05) is 0 Å². The van der Waals surface area contributed by atoms with Crippen molar-refractivity contribution < 1.29 is 29.0 Å². The van der Waals surface area contributed by atoms with E-state index < -0.39 is 11.2 Å². The maximum atomic E-state index is 12.3. The summed E-state index contributed by atoms with van der Waals surface area (Å²) in [5.41, 5.74) is 0.727. The molecule has 2 aromatic carbocycles. The number of amidine groups is 1. The number of aromatic carboxylic acids is 1. The number of amides is 2. The van der Waals surface area contributed by atoms with Gasteiger partial charge in [0.25, 0.3) is 0 Å². The molecule has 172 valence electrons. The molecule has 0 radical (unpaired) electrons. The van der Waals surface area contributed by atoms with Gasteiger partial charge in [-0.3, -0.25) is 9.59 Å². The summed E-state index contributed by atoms with van der Waals surface area (Å²) in [6, 6.07) is 10.1. The van der Waals surface area contributed by atoms with Gasteiger partial charge in [0.05, 0.1) is 20.4 Å². The number of nitrogens with zero attached hydrogens (tertiary/aromatic N) is 2. The Bertz CT molecular complexity index is 1140. The summed E-state index contributed by atoms with van der Waals surface area (Å²) in [6.45, 7) is 0. The van der Waals surface area contributed by atoms with Crippen molar-refractivity contribution in [1.82, 2.24) is 5.32 Å². The number of anilines is 1. The Morgan fingerprint density at radius 1 is 1.21 bits per heavy atom. The maximum Gasteiger partial charge on any atom is 0.340 e. The van der Waals surface area contributed by atoms with Gasteiger partial charge in [-0.25, -0.2) is 4.79 Å². The molecule has 3 rings (SSSR count). The van der Waals surface area contributed by atoms with Crippen LogP contribution in [0.25, 0.3) is 0 Å². The van der Waals surface area contributed by atoms with Crippen molar-refractivity contribution >= 4 is 62.5 Å². The Morgan fingerprint density at radius 3 is 2.58 bits per heavy atom. The molecule has 0 aromatic heterocycles. The molecule has 0 aliphatic carbocycles. The average Bonchev–Trinajstić information content (AvgIpc) is 3.13. The number of rotatable bonds is 8. The van der Waals surface area contributed by atoms with Crippen LogP contribution < -0.4 is 20.1 Å². The monoisotopic (exact) mass is 534 g/mol. The standard InChI is InChI=1S/C21H19BrN4O6S/c1-31-14-8-3-11(17(20(29)30)18(14)32-2)10-23-26-21-25-19(28)15(33-21)9-16(27)24-13-6-4-12(22)5-7-13/h3-8,10,15H,9H2,1-2H3,(H,24,27)(H,29,30)(H,25,26,28)/b23-10+/t15-/m0/s1. The zero-order chi connectivity index (χ0) is 24.0. The number of hydrogen-bond donors (Lipinski definition) is 3. The molecule has 1 aliphatic heterocycles. The van der Waals surface area contributed by atoms with Crippen LogP contribution in [0.5, 0.6) is 11.5 Å². The predicted octanol–water partition coefficient (Wildman–Crippen LogP) is 3.11. The number of ether oxygens (including phenoxy) is 2. The first-order valence-electron chi connectivity index (χ1n) is 9.44. The largest absolute Gasteiger partial charge is 0.493 e. The minimum Gasteiger partial charge on any atom is -0.493 e. The highest BCUT2D eigenvalue weighted by molar-refractivity contribution is 9.10. The summed E-state index contributed by atoms with van der Waals surface area (Å²) in [4.78, 5) is 36.1. The van der Waals surface area contributed by atoms with Gasteiger partial charge < -0.3 is 25.2 Å². The predicted molar refractivity (Wildman–Crippen MR) is 128 cm³/mol. The van der Waals surface area contributed by atoms with Gasteiger partial charge in [-0.2, -0.15) is 5.10 Å². The van der Waals surface area contributed by atoms with Crippen molar-refractivity contribution in [2.75, 3.05) is 19.5 Å². The molecule has 2 amide bonds. The number of carboxylic acid groups (broad SMARTS) is 1. The second-order valence-corrected chi connectivity index (χ2v) is 8.68.